The van der Waals surface area contributed by atoms with Crippen LogP contribution in [0.2, 0.25) is 5.02 Å². The molecule has 34 heavy (non-hydrogen) atoms. The molecule has 4 N–H and O–H groups in total. The Morgan fingerprint density at radius 2 is 2.03 bits per heavy atom. The first-order valence-electron chi connectivity index (χ1n) is 10.2. The molecule has 4 rings (SSSR count). The number of benzene rings is 2. The van der Waals surface area contributed by atoms with Crippen LogP contribution < -0.4 is 15.4 Å². The average Bonchev–Trinajstić information content (AvgIpc) is 3.29. The minimum Gasteiger partial charge on any atom is -0.508 e. The van der Waals surface area contributed by atoms with Crippen LogP contribution in [0.15, 0.2) is 48.7 Å². The van der Waals surface area contributed by atoms with Gasteiger partial charge in [-0.25, -0.2) is 18.4 Å². The van der Waals surface area contributed by atoms with Gasteiger partial charge in [-0.1, -0.05) is 11.6 Å². The Labute approximate surface area is 208 Å². The van der Waals surface area contributed by atoms with E-state index in [2.05, 4.69) is 20.3 Å². The molecule has 0 spiro atoms. The van der Waals surface area contributed by atoms with Gasteiger partial charge in [0.2, 0.25) is 11.8 Å². The van der Waals surface area contributed by atoms with E-state index in [1.165, 1.54) is 41.7 Å². The van der Waals surface area contributed by atoms with E-state index in [0.29, 0.717) is 12.2 Å². The first kappa shape index (κ1) is 24.4. The first-order valence-corrected chi connectivity index (χ1v) is 12.2. The van der Waals surface area contributed by atoms with Crippen molar-refractivity contribution in [3.05, 3.63) is 64.4 Å². The Kier molecular flexibility index (Phi) is 7.69. The molecular formula is C22H21ClFN5O3S2. The van der Waals surface area contributed by atoms with E-state index in [1.54, 1.807) is 41.8 Å². The third-order valence-corrected chi connectivity index (χ3v) is 7.42. The molecule has 1 aromatic heterocycles. The molecule has 2 heterocycles. The van der Waals surface area contributed by atoms with Crippen LogP contribution in [0.3, 0.4) is 0 Å². The van der Waals surface area contributed by atoms with Crippen molar-refractivity contribution in [3.8, 4) is 16.3 Å². The van der Waals surface area contributed by atoms with Gasteiger partial charge in [0.15, 0.2) is 0 Å². The van der Waals surface area contributed by atoms with Gasteiger partial charge in [0, 0.05) is 34.5 Å². The molecule has 1 aliphatic heterocycles. The summed E-state index contributed by atoms with van der Waals surface area (Å²) in [4.78, 5) is 30.8. The largest absolute Gasteiger partial charge is 0.508 e. The van der Waals surface area contributed by atoms with Gasteiger partial charge in [-0.2, -0.15) is 0 Å². The van der Waals surface area contributed by atoms with Crippen LogP contribution in [-0.4, -0.2) is 45.3 Å². The topological polar surface area (TPSA) is 107 Å². The molecular weight excluding hydrogens is 501 g/mol. The second-order valence-electron chi connectivity index (χ2n) is 7.57. The number of aromatic nitrogens is 1. The molecule has 3 aromatic rings. The summed E-state index contributed by atoms with van der Waals surface area (Å²) in [7, 11) is 1.75. The zero-order valence-electron chi connectivity index (χ0n) is 17.9. The van der Waals surface area contributed by atoms with E-state index < -0.39 is 17.9 Å². The Morgan fingerprint density at radius 1 is 1.26 bits per heavy atom. The fourth-order valence-electron chi connectivity index (χ4n) is 3.29. The minimum absolute atomic E-state index is 0.0836. The van der Waals surface area contributed by atoms with Crippen LogP contribution in [-0.2, 0) is 16.1 Å². The number of likely N-dealkylation sites (N-methyl/N-ethyl adjacent to an activating group) is 1. The van der Waals surface area contributed by atoms with Gasteiger partial charge in [0.05, 0.1) is 17.6 Å². The summed E-state index contributed by atoms with van der Waals surface area (Å²) in [6, 6.07) is 9.53. The quantitative estimate of drug-likeness (QED) is 0.366. The molecule has 0 saturated carbocycles. The van der Waals surface area contributed by atoms with E-state index in [9.17, 15) is 19.1 Å². The number of carbonyl (C=O) groups excluding carboxylic acids is 2. The van der Waals surface area contributed by atoms with Crippen LogP contribution in [0.4, 0.5) is 10.1 Å². The summed E-state index contributed by atoms with van der Waals surface area (Å²) in [6.45, 7) is 0.304. The van der Waals surface area contributed by atoms with Crippen LogP contribution >= 0.6 is 35.1 Å². The number of hydrogen-bond acceptors (Lipinski definition) is 8. The molecule has 12 heteroatoms. The smallest absolute Gasteiger partial charge is 0.242 e. The van der Waals surface area contributed by atoms with E-state index in [0.717, 1.165) is 15.4 Å². The number of halogens is 2. The SMILES string of the molecule is CN1SNC(C(=O)NCc2cnc(-c3ccc(O)cc3)s2)CC1C(=O)Nc1ccc(F)c(Cl)c1. The molecule has 1 fully saturated rings. The molecule has 178 valence electrons. The summed E-state index contributed by atoms with van der Waals surface area (Å²) in [5.41, 5.74) is 1.26. The van der Waals surface area contributed by atoms with Gasteiger partial charge < -0.3 is 15.7 Å². The number of anilines is 1. The molecule has 1 aliphatic rings. The number of carbonyl (C=O) groups is 2. The number of thiazole rings is 1. The summed E-state index contributed by atoms with van der Waals surface area (Å²) >= 11 is 8.41. The number of hydrogen-bond donors (Lipinski definition) is 4. The normalized spacial score (nSPS) is 18.4. The Morgan fingerprint density at radius 3 is 2.76 bits per heavy atom. The number of phenolic OH excluding ortho intramolecular Hbond substituents is 1. The summed E-state index contributed by atoms with van der Waals surface area (Å²) in [5, 5.41) is 15.7. The fraction of sp³-hybridized carbons (Fsp3) is 0.227. The number of nitrogens with zero attached hydrogens (tertiary/aromatic N) is 2. The van der Waals surface area contributed by atoms with Gasteiger partial charge in [0.1, 0.15) is 22.6 Å². The van der Waals surface area contributed by atoms with Gasteiger partial charge >= 0.3 is 0 Å². The monoisotopic (exact) mass is 521 g/mol. The van der Waals surface area contributed by atoms with Crippen molar-refractivity contribution >= 4 is 52.6 Å². The lowest BCUT2D eigenvalue weighted by Crippen LogP contribution is -2.53. The van der Waals surface area contributed by atoms with E-state index in [1.807, 2.05) is 0 Å². The van der Waals surface area contributed by atoms with E-state index in [-0.39, 0.29) is 29.0 Å². The average molecular weight is 522 g/mol. The Balaban J connectivity index is 1.33. The molecule has 2 atom stereocenters. The molecule has 2 amide bonds. The van der Waals surface area contributed by atoms with Crippen molar-refractivity contribution < 1.29 is 19.1 Å². The highest BCUT2D eigenvalue weighted by Crippen LogP contribution is 2.27. The lowest BCUT2D eigenvalue weighted by molar-refractivity contribution is -0.124. The van der Waals surface area contributed by atoms with Crippen LogP contribution in [0.1, 0.15) is 11.3 Å². The molecule has 0 aliphatic carbocycles. The van der Waals surface area contributed by atoms with E-state index >= 15 is 0 Å². The van der Waals surface area contributed by atoms with E-state index in [4.69, 9.17) is 11.6 Å². The van der Waals surface area contributed by atoms with Crippen molar-refractivity contribution in [2.24, 2.45) is 0 Å². The summed E-state index contributed by atoms with van der Waals surface area (Å²) < 4.78 is 18.1. The van der Waals surface area contributed by atoms with Crippen LogP contribution in [0.5, 0.6) is 5.75 Å². The number of phenols is 1. The number of nitrogens with one attached hydrogen (secondary N) is 3. The second kappa shape index (κ2) is 10.7. The Hall–Kier alpha value is -2.70. The third kappa shape index (κ3) is 5.86. The lowest BCUT2D eigenvalue weighted by atomic mass is 10.1. The van der Waals surface area contributed by atoms with Gasteiger partial charge in [0.25, 0.3) is 0 Å². The predicted octanol–water partition coefficient (Wildman–Crippen LogP) is 3.79. The maximum absolute atomic E-state index is 13.4. The molecule has 2 unspecified atom stereocenters. The zero-order valence-corrected chi connectivity index (χ0v) is 20.3. The van der Waals surface area contributed by atoms with Crippen molar-refractivity contribution in [2.45, 2.75) is 25.0 Å². The van der Waals surface area contributed by atoms with Gasteiger partial charge in [-0.05, 0) is 55.9 Å². The van der Waals surface area contributed by atoms with Crippen molar-refractivity contribution in [1.29, 1.82) is 0 Å². The highest BCUT2D eigenvalue weighted by Gasteiger charge is 2.35. The standard InChI is InChI=1S/C22H21ClFN5O3S2/c1-29-19(21(32)27-13-4-7-17(24)16(23)8-13)9-18(28-34-29)20(31)25-10-15-11-26-22(33-15)12-2-5-14(30)6-3-12/h2-8,11,18-19,28,30H,9-10H2,1H3,(H,25,31)(H,27,32). The minimum atomic E-state index is -0.588. The van der Waals surface area contributed by atoms with Gasteiger partial charge in [-0.15, -0.1) is 11.3 Å². The molecule has 8 nitrogen and oxygen atoms in total. The van der Waals surface area contributed by atoms with Crippen LogP contribution in [0.25, 0.3) is 10.6 Å². The van der Waals surface area contributed by atoms with Crippen molar-refractivity contribution in [2.75, 3.05) is 12.4 Å². The fourth-order valence-corrected chi connectivity index (χ4v) is 5.13. The van der Waals surface area contributed by atoms with Crippen molar-refractivity contribution in [1.82, 2.24) is 19.3 Å². The first-order chi connectivity index (χ1) is 16.3. The lowest BCUT2D eigenvalue weighted by Gasteiger charge is -2.34. The molecule has 0 radical (unpaired) electrons. The maximum Gasteiger partial charge on any atom is 0.242 e. The maximum atomic E-state index is 13.4. The number of rotatable bonds is 6. The Bertz CT molecular complexity index is 1190. The predicted molar refractivity (Wildman–Crippen MR) is 132 cm³/mol. The van der Waals surface area contributed by atoms with Gasteiger partial charge in [-0.3, -0.25) is 9.59 Å². The third-order valence-electron chi connectivity index (χ3n) is 5.15. The summed E-state index contributed by atoms with van der Waals surface area (Å²) in [5.74, 6) is -0.937. The summed E-state index contributed by atoms with van der Waals surface area (Å²) in [6.07, 6.45) is 1.95. The molecule has 1 saturated heterocycles. The highest BCUT2D eigenvalue weighted by molar-refractivity contribution is 7.95. The highest BCUT2D eigenvalue weighted by atomic mass is 35.5. The van der Waals surface area contributed by atoms with Crippen molar-refractivity contribution in [3.63, 3.8) is 0 Å². The molecule has 2 aromatic carbocycles. The van der Waals surface area contributed by atoms with Crippen LogP contribution in [0, 0.1) is 5.82 Å². The number of amides is 2. The zero-order chi connectivity index (χ0) is 24.2. The second-order valence-corrected chi connectivity index (χ2v) is 10.1. The molecule has 0 bridgehead atoms. The number of aromatic hydroxyl groups is 1.